The molecule has 19 heavy (non-hydrogen) atoms. The summed E-state index contributed by atoms with van der Waals surface area (Å²) in [6, 6.07) is 6.83. The summed E-state index contributed by atoms with van der Waals surface area (Å²) in [6.45, 7) is 3.23. The minimum atomic E-state index is 0.516. The van der Waals surface area contributed by atoms with Crippen molar-refractivity contribution in [2.45, 2.75) is 18.9 Å². The Labute approximate surface area is 123 Å². The molecule has 1 atom stereocenters. The number of anilines is 1. The molecule has 3 nitrogen and oxygen atoms in total. The van der Waals surface area contributed by atoms with E-state index in [4.69, 9.17) is 4.74 Å². The highest BCUT2D eigenvalue weighted by molar-refractivity contribution is 9.10. The topological polar surface area (TPSA) is 15.7 Å². The molecule has 0 radical (unpaired) electrons. The quantitative estimate of drug-likeness (QED) is 0.789. The maximum Gasteiger partial charge on any atom is 0.143 e. The van der Waals surface area contributed by atoms with E-state index in [1.807, 2.05) is 0 Å². The summed E-state index contributed by atoms with van der Waals surface area (Å²) in [5.74, 6) is 1.75. The molecule has 1 aromatic carbocycles. The van der Waals surface area contributed by atoms with Gasteiger partial charge in [-0.3, -0.25) is 0 Å². The van der Waals surface area contributed by atoms with Crippen LogP contribution in [0, 0.1) is 5.92 Å². The molecule has 2 aliphatic rings. The maximum absolute atomic E-state index is 5.98. The summed E-state index contributed by atoms with van der Waals surface area (Å²) in [7, 11) is 4.42. The number of hydrogen-bond acceptors (Lipinski definition) is 3. The molecule has 3 rings (SSSR count). The first kappa shape index (κ1) is 13.3. The van der Waals surface area contributed by atoms with Gasteiger partial charge in [-0.1, -0.05) is 15.9 Å². The second-order valence-corrected chi connectivity index (χ2v) is 6.66. The first-order valence-electron chi connectivity index (χ1n) is 6.99. The summed E-state index contributed by atoms with van der Waals surface area (Å²) in [5.41, 5.74) is 1.22. The third-order valence-electron chi connectivity index (χ3n) is 4.52. The number of likely N-dealkylation sites (N-methyl/N-ethyl adjacent to an activating group) is 1. The third-order valence-corrected chi connectivity index (χ3v) is 5.01. The second-order valence-electron chi connectivity index (χ2n) is 5.74. The predicted molar refractivity (Wildman–Crippen MR) is 82.0 cm³/mol. The van der Waals surface area contributed by atoms with Crippen molar-refractivity contribution in [1.82, 2.24) is 4.90 Å². The predicted octanol–water partition coefficient (Wildman–Crippen LogP) is 2.99. The number of benzene rings is 1. The van der Waals surface area contributed by atoms with Gasteiger partial charge in [0.1, 0.15) is 12.4 Å². The normalized spacial score (nSPS) is 25.0. The minimum absolute atomic E-state index is 0.516. The Kier molecular flexibility index (Phi) is 3.72. The number of halogens is 1. The van der Waals surface area contributed by atoms with E-state index < -0.39 is 0 Å². The molecule has 0 aromatic heterocycles. The smallest absolute Gasteiger partial charge is 0.143 e. The Morgan fingerprint density at radius 2 is 1.95 bits per heavy atom. The molecule has 2 heterocycles. The summed E-state index contributed by atoms with van der Waals surface area (Å²) in [4.78, 5) is 4.84. The van der Waals surface area contributed by atoms with Crippen LogP contribution in [-0.4, -0.2) is 44.7 Å². The Morgan fingerprint density at radius 1 is 1.21 bits per heavy atom. The number of rotatable bonds is 1. The van der Waals surface area contributed by atoms with Crippen molar-refractivity contribution in [2.75, 3.05) is 38.7 Å². The lowest BCUT2D eigenvalue weighted by atomic mass is 9.88. The molecule has 1 fully saturated rings. The highest BCUT2D eigenvalue weighted by atomic mass is 79.9. The maximum atomic E-state index is 5.98. The molecular formula is C15H21BrN2O. The van der Waals surface area contributed by atoms with Crippen molar-refractivity contribution < 1.29 is 4.74 Å². The van der Waals surface area contributed by atoms with Gasteiger partial charge in [0, 0.05) is 11.5 Å². The Bertz CT molecular complexity index is 457. The fourth-order valence-corrected chi connectivity index (χ4v) is 3.57. The number of ether oxygens (including phenoxy) is 1. The van der Waals surface area contributed by atoms with Gasteiger partial charge in [-0.05, 0) is 57.1 Å². The molecule has 0 spiro atoms. The number of hydrogen-bond donors (Lipinski definition) is 0. The van der Waals surface area contributed by atoms with E-state index in [9.17, 15) is 0 Å². The third kappa shape index (κ3) is 2.61. The molecule has 0 bridgehead atoms. The van der Waals surface area contributed by atoms with Gasteiger partial charge in [-0.15, -0.1) is 0 Å². The molecule has 0 aliphatic carbocycles. The fraction of sp³-hybridized carbons (Fsp3) is 0.600. The van der Waals surface area contributed by atoms with Crippen molar-refractivity contribution >= 4 is 21.6 Å². The SMILES string of the molecule is CN1CCC(C2COc3cc(Br)ccc3N2C)CC1. The van der Waals surface area contributed by atoms with Crippen molar-refractivity contribution in [3.05, 3.63) is 22.7 Å². The number of likely N-dealkylation sites (tertiary alicyclic amines) is 1. The van der Waals surface area contributed by atoms with Gasteiger partial charge in [-0.25, -0.2) is 0 Å². The van der Waals surface area contributed by atoms with Gasteiger partial charge in [0.2, 0.25) is 0 Å². The molecule has 1 aromatic rings. The van der Waals surface area contributed by atoms with E-state index >= 15 is 0 Å². The fourth-order valence-electron chi connectivity index (χ4n) is 3.23. The molecular weight excluding hydrogens is 304 g/mol. The van der Waals surface area contributed by atoms with Gasteiger partial charge >= 0.3 is 0 Å². The first-order valence-corrected chi connectivity index (χ1v) is 7.78. The van der Waals surface area contributed by atoms with E-state index in [1.54, 1.807) is 0 Å². The zero-order valence-electron chi connectivity index (χ0n) is 11.6. The molecule has 0 N–H and O–H groups in total. The molecule has 104 valence electrons. The van der Waals surface area contributed by atoms with Crippen LogP contribution in [-0.2, 0) is 0 Å². The second kappa shape index (κ2) is 5.33. The molecule has 4 heteroatoms. The van der Waals surface area contributed by atoms with Gasteiger partial charge < -0.3 is 14.5 Å². The average Bonchev–Trinajstić information content (AvgIpc) is 2.40. The van der Waals surface area contributed by atoms with Gasteiger partial charge in [0.25, 0.3) is 0 Å². The Morgan fingerprint density at radius 3 is 2.68 bits per heavy atom. The molecule has 0 saturated carbocycles. The number of fused-ring (bicyclic) bond motifs is 1. The summed E-state index contributed by atoms with van der Waals surface area (Å²) < 4.78 is 7.06. The standard InChI is InChI=1S/C15H21BrN2O/c1-17-7-5-11(6-8-17)14-10-19-15-9-12(16)3-4-13(15)18(14)2/h3-4,9,11,14H,5-8,10H2,1-2H3. The van der Waals surface area contributed by atoms with Gasteiger partial charge in [-0.2, -0.15) is 0 Å². The van der Waals surface area contributed by atoms with Crippen LogP contribution in [0.15, 0.2) is 22.7 Å². The van der Waals surface area contributed by atoms with E-state index in [2.05, 4.69) is 58.0 Å². The highest BCUT2D eigenvalue weighted by Gasteiger charge is 2.33. The van der Waals surface area contributed by atoms with Crippen molar-refractivity contribution in [1.29, 1.82) is 0 Å². The Hall–Kier alpha value is -0.740. The lowest BCUT2D eigenvalue weighted by Gasteiger charge is -2.42. The average molecular weight is 325 g/mol. The molecule has 2 aliphatic heterocycles. The molecule has 1 saturated heterocycles. The first-order chi connectivity index (χ1) is 9.15. The molecule has 0 amide bonds. The minimum Gasteiger partial charge on any atom is -0.489 e. The monoisotopic (exact) mass is 324 g/mol. The van der Waals surface area contributed by atoms with Crippen LogP contribution >= 0.6 is 15.9 Å². The largest absolute Gasteiger partial charge is 0.489 e. The zero-order chi connectivity index (χ0) is 13.4. The lowest BCUT2D eigenvalue weighted by molar-refractivity contribution is 0.156. The van der Waals surface area contributed by atoms with Crippen molar-refractivity contribution in [3.63, 3.8) is 0 Å². The summed E-state index contributed by atoms with van der Waals surface area (Å²) in [6.07, 6.45) is 2.56. The van der Waals surface area contributed by atoms with Crippen molar-refractivity contribution in [3.8, 4) is 5.75 Å². The Balaban J connectivity index is 1.77. The van der Waals surface area contributed by atoms with E-state index in [0.717, 1.165) is 22.7 Å². The number of piperidine rings is 1. The van der Waals surface area contributed by atoms with Gasteiger partial charge in [0.15, 0.2) is 0 Å². The van der Waals surface area contributed by atoms with Crippen LogP contribution in [0.25, 0.3) is 0 Å². The van der Waals surface area contributed by atoms with Crippen LogP contribution in [0.3, 0.4) is 0 Å². The van der Waals surface area contributed by atoms with Crippen LogP contribution in [0.1, 0.15) is 12.8 Å². The van der Waals surface area contributed by atoms with E-state index in [1.165, 1.54) is 31.6 Å². The zero-order valence-corrected chi connectivity index (χ0v) is 13.2. The lowest BCUT2D eigenvalue weighted by Crippen LogP contribution is -2.48. The number of nitrogens with zero attached hydrogens (tertiary/aromatic N) is 2. The van der Waals surface area contributed by atoms with Gasteiger partial charge in [0.05, 0.1) is 11.7 Å². The van der Waals surface area contributed by atoms with Crippen LogP contribution in [0.4, 0.5) is 5.69 Å². The van der Waals surface area contributed by atoms with Crippen molar-refractivity contribution in [2.24, 2.45) is 5.92 Å². The molecule has 1 unspecified atom stereocenters. The van der Waals surface area contributed by atoms with E-state index in [0.29, 0.717) is 6.04 Å². The highest BCUT2D eigenvalue weighted by Crippen LogP contribution is 2.38. The summed E-state index contributed by atoms with van der Waals surface area (Å²) >= 11 is 3.50. The summed E-state index contributed by atoms with van der Waals surface area (Å²) in [5, 5.41) is 0. The van der Waals surface area contributed by atoms with Crippen LogP contribution < -0.4 is 9.64 Å². The van der Waals surface area contributed by atoms with E-state index in [-0.39, 0.29) is 0 Å². The van der Waals surface area contributed by atoms with Crippen LogP contribution in [0.2, 0.25) is 0 Å². The van der Waals surface area contributed by atoms with Crippen LogP contribution in [0.5, 0.6) is 5.75 Å².